The van der Waals surface area contributed by atoms with Crippen LogP contribution in [0.15, 0.2) is 30.5 Å². The molecule has 0 spiro atoms. The molecule has 1 saturated carbocycles. The van der Waals surface area contributed by atoms with Gasteiger partial charge in [0.25, 0.3) is 11.8 Å². The Labute approximate surface area is 160 Å². The van der Waals surface area contributed by atoms with Crippen molar-refractivity contribution in [2.45, 2.75) is 38.3 Å². The van der Waals surface area contributed by atoms with Crippen LogP contribution >= 0.6 is 22.9 Å². The topological polar surface area (TPSA) is 80.3 Å². The van der Waals surface area contributed by atoms with Crippen LogP contribution in [-0.4, -0.2) is 35.5 Å². The highest BCUT2D eigenvalue weighted by atomic mass is 35.5. The molecule has 1 aliphatic carbocycles. The predicted octanol–water partition coefficient (Wildman–Crippen LogP) is 2.95. The molecule has 3 rings (SSSR count). The lowest BCUT2D eigenvalue weighted by atomic mass is 10.1. The Morgan fingerprint density at radius 1 is 1.23 bits per heavy atom. The number of carbonyl (C=O) groups is 2. The second-order valence-corrected chi connectivity index (χ2v) is 7.88. The Morgan fingerprint density at radius 3 is 2.58 bits per heavy atom. The number of aryl methyl sites for hydroxylation is 1. The van der Waals surface area contributed by atoms with Crippen LogP contribution in [0.4, 0.5) is 0 Å². The number of aromatic nitrogens is 1. The first-order chi connectivity index (χ1) is 12.5. The number of nitrogens with one attached hydrogen (secondary N) is 2. The SMILES string of the molecule is Cc1ccc(OCC(=O)N[C@@H]2CCC[C@H]2NC(=O)c2cnc(Cl)s2)cc1. The van der Waals surface area contributed by atoms with Gasteiger partial charge in [0.2, 0.25) is 0 Å². The van der Waals surface area contributed by atoms with Gasteiger partial charge in [0.05, 0.1) is 6.20 Å². The smallest absolute Gasteiger partial charge is 0.263 e. The Balaban J connectivity index is 1.49. The van der Waals surface area contributed by atoms with Crippen molar-refractivity contribution < 1.29 is 14.3 Å². The molecule has 1 aromatic carbocycles. The lowest BCUT2D eigenvalue weighted by Crippen LogP contribution is -2.49. The van der Waals surface area contributed by atoms with E-state index in [9.17, 15) is 9.59 Å². The summed E-state index contributed by atoms with van der Waals surface area (Å²) in [7, 11) is 0. The molecule has 26 heavy (non-hydrogen) atoms. The molecule has 1 aromatic heterocycles. The van der Waals surface area contributed by atoms with E-state index in [-0.39, 0.29) is 30.5 Å². The van der Waals surface area contributed by atoms with Crippen molar-refractivity contribution in [1.82, 2.24) is 15.6 Å². The number of benzene rings is 1. The number of nitrogens with zero attached hydrogens (tertiary/aromatic N) is 1. The average Bonchev–Trinajstić information content (AvgIpc) is 3.24. The lowest BCUT2D eigenvalue weighted by molar-refractivity contribution is -0.123. The first-order valence-electron chi connectivity index (χ1n) is 8.42. The normalized spacial score (nSPS) is 19.2. The molecule has 0 aliphatic heterocycles. The maximum Gasteiger partial charge on any atom is 0.263 e. The van der Waals surface area contributed by atoms with E-state index in [1.54, 1.807) is 0 Å². The number of carbonyl (C=O) groups excluding carboxylic acids is 2. The van der Waals surface area contributed by atoms with E-state index in [1.165, 1.54) is 6.20 Å². The van der Waals surface area contributed by atoms with Crippen LogP contribution in [0, 0.1) is 6.92 Å². The van der Waals surface area contributed by atoms with Gasteiger partial charge in [0.15, 0.2) is 11.1 Å². The molecule has 6 nitrogen and oxygen atoms in total. The van der Waals surface area contributed by atoms with Crippen molar-refractivity contribution >= 4 is 34.8 Å². The van der Waals surface area contributed by atoms with E-state index in [1.807, 2.05) is 31.2 Å². The van der Waals surface area contributed by atoms with Crippen molar-refractivity contribution in [3.63, 3.8) is 0 Å². The van der Waals surface area contributed by atoms with E-state index in [2.05, 4.69) is 15.6 Å². The third kappa shape index (κ3) is 4.95. The number of rotatable bonds is 6. The minimum Gasteiger partial charge on any atom is -0.484 e. The summed E-state index contributed by atoms with van der Waals surface area (Å²) < 4.78 is 5.83. The fourth-order valence-electron chi connectivity index (χ4n) is 2.93. The number of ether oxygens (including phenoxy) is 1. The van der Waals surface area contributed by atoms with Gasteiger partial charge in [0.1, 0.15) is 10.6 Å². The van der Waals surface area contributed by atoms with Crippen molar-refractivity contribution in [3.8, 4) is 5.75 Å². The van der Waals surface area contributed by atoms with Crippen molar-refractivity contribution in [2.75, 3.05) is 6.61 Å². The molecule has 2 atom stereocenters. The number of hydrogen-bond acceptors (Lipinski definition) is 5. The van der Waals surface area contributed by atoms with Gasteiger partial charge in [-0.15, -0.1) is 0 Å². The molecule has 1 heterocycles. The molecule has 138 valence electrons. The highest BCUT2D eigenvalue weighted by molar-refractivity contribution is 7.17. The van der Waals surface area contributed by atoms with Crippen molar-refractivity contribution in [1.29, 1.82) is 0 Å². The third-order valence-corrected chi connectivity index (χ3v) is 5.38. The quantitative estimate of drug-likeness (QED) is 0.790. The second kappa shape index (κ2) is 8.51. The largest absolute Gasteiger partial charge is 0.484 e. The van der Waals surface area contributed by atoms with Gasteiger partial charge in [-0.05, 0) is 38.3 Å². The molecule has 1 aliphatic rings. The van der Waals surface area contributed by atoms with Gasteiger partial charge in [-0.25, -0.2) is 4.98 Å². The minimum absolute atomic E-state index is 0.0509. The molecular weight excluding hydrogens is 374 g/mol. The van der Waals surface area contributed by atoms with E-state index in [4.69, 9.17) is 16.3 Å². The third-order valence-electron chi connectivity index (χ3n) is 4.27. The van der Waals surface area contributed by atoms with E-state index >= 15 is 0 Å². The van der Waals surface area contributed by atoms with Crippen LogP contribution in [0.5, 0.6) is 5.75 Å². The summed E-state index contributed by atoms with van der Waals surface area (Å²) >= 11 is 6.91. The van der Waals surface area contributed by atoms with Crippen LogP contribution < -0.4 is 15.4 Å². The molecule has 8 heteroatoms. The highest BCUT2D eigenvalue weighted by Gasteiger charge is 2.30. The molecule has 2 N–H and O–H groups in total. The minimum atomic E-state index is -0.212. The zero-order valence-corrected chi connectivity index (χ0v) is 15.9. The van der Waals surface area contributed by atoms with Gasteiger partial charge in [-0.2, -0.15) is 0 Å². The van der Waals surface area contributed by atoms with Gasteiger partial charge in [-0.3, -0.25) is 9.59 Å². The zero-order valence-electron chi connectivity index (χ0n) is 14.3. The van der Waals surface area contributed by atoms with Crippen molar-refractivity contribution in [3.05, 3.63) is 45.4 Å². The Kier molecular flexibility index (Phi) is 6.11. The van der Waals surface area contributed by atoms with Crippen LogP contribution in [0.2, 0.25) is 4.47 Å². The summed E-state index contributed by atoms with van der Waals surface area (Å²) in [4.78, 5) is 28.8. The average molecular weight is 394 g/mol. The number of thiazole rings is 1. The highest BCUT2D eigenvalue weighted by Crippen LogP contribution is 2.22. The monoisotopic (exact) mass is 393 g/mol. The van der Waals surface area contributed by atoms with Gasteiger partial charge in [-0.1, -0.05) is 40.6 Å². The summed E-state index contributed by atoms with van der Waals surface area (Å²) in [5.41, 5.74) is 1.13. The fourth-order valence-corrected chi connectivity index (χ4v) is 3.78. The molecule has 1 fully saturated rings. The van der Waals surface area contributed by atoms with Gasteiger partial charge in [0, 0.05) is 12.1 Å². The number of hydrogen-bond donors (Lipinski definition) is 2. The summed E-state index contributed by atoms with van der Waals surface area (Å²) in [6, 6.07) is 7.33. The van der Waals surface area contributed by atoms with Crippen LogP contribution in [0.25, 0.3) is 0 Å². The fraction of sp³-hybridized carbons (Fsp3) is 0.389. The van der Waals surface area contributed by atoms with E-state index in [0.717, 1.165) is 36.2 Å². The van der Waals surface area contributed by atoms with E-state index in [0.29, 0.717) is 15.1 Å². The van der Waals surface area contributed by atoms with Gasteiger partial charge >= 0.3 is 0 Å². The summed E-state index contributed by atoms with van der Waals surface area (Å²) in [5.74, 6) is 0.248. The predicted molar refractivity (Wildman–Crippen MR) is 101 cm³/mol. The van der Waals surface area contributed by atoms with Crippen LogP contribution in [-0.2, 0) is 4.79 Å². The number of amides is 2. The maximum atomic E-state index is 12.2. The molecule has 0 bridgehead atoms. The molecule has 0 radical (unpaired) electrons. The second-order valence-electron chi connectivity index (χ2n) is 6.26. The van der Waals surface area contributed by atoms with E-state index < -0.39 is 0 Å². The molecule has 0 unspecified atom stereocenters. The maximum absolute atomic E-state index is 12.2. The van der Waals surface area contributed by atoms with Crippen molar-refractivity contribution in [2.24, 2.45) is 0 Å². The molecule has 2 aromatic rings. The first-order valence-corrected chi connectivity index (χ1v) is 9.62. The first kappa shape index (κ1) is 18.7. The lowest BCUT2D eigenvalue weighted by Gasteiger charge is -2.22. The number of halogens is 1. The van der Waals surface area contributed by atoms with Crippen LogP contribution in [0.3, 0.4) is 0 Å². The standard InChI is InChI=1S/C18H20ClN3O3S/c1-11-5-7-12(8-6-11)25-10-16(23)21-13-3-2-4-14(13)22-17(24)15-9-20-18(19)26-15/h5-9,13-14H,2-4,10H2,1H3,(H,21,23)(H,22,24)/t13-,14-/m1/s1. The summed E-state index contributed by atoms with van der Waals surface area (Å²) in [6.07, 6.45) is 4.05. The summed E-state index contributed by atoms with van der Waals surface area (Å²) in [6.45, 7) is 1.94. The summed E-state index contributed by atoms with van der Waals surface area (Å²) in [5, 5.41) is 5.92. The Hall–Kier alpha value is -2.12. The Morgan fingerprint density at radius 2 is 1.92 bits per heavy atom. The van der Waals surface area contributed by atoms with Gasteiger partial charge < -0.3 is 15.4 Å². The Bertz CT molecular complexity index is 778. The molecular formula is C18H20ClN3O3S. The molecule has 0 saturated heterocycles. The molecule has 2 amide bonds. The zero-order chi connectivity index (χ0) is 18.5. The van der Waals surface area contributed by atoms with Crippen LogP contribution in [0.1, 0.15) is 34.5 Å².